The molecule has 3 rings (SSSR count). The number of hydrogen-bond donors (Lipinski definition) is 0. The first kappa shape index (κ1) is 19.8. The van der Waals surface area contributed by atoms with Crippen LogP contribution in [0.25, 0.3) is 0 Å². The van der Waals surface area contributed by atoms with Gasteiger partial charge >= 0.3 is 0 Å². The van der Waals surface area contributed by atoms with Crippen LogP contribution in [0, 0.1) is 0 Å². The molecule has 0 spiro atoms. The van der Waals surface area contributed by atoms with Gasteiger partial charge in [-0.2, -0.15) is 0 Å². The summed E-state index contributed by atoms with van der Waals surface area (Å²) in [5.74, 6) is 0.600. The molecule has 0 radical (unpaired) electrons. The maximum Gasteiger partial charge on any atom is 0.213 e. The Bertz CT molecular complexity index is 852. The van der Waals surface area contributed by atoms with E-state index in [1.165, 1.54) is 11.1 Å². The van der Waals surface area contributed by atoms with Crippen molar-refractivity contribution in [2.24, 2.45) is 0 Å². The normalized spacial score (nSPS) is 14.7. The molecule has 0 amide bonds. The van der Waals surface area contributed by atoms with Gasteiger partial charge in [-0.3, -0.25) is 4.90 Å². The molecule has 0 saturated heterocycles. The molecule has 0 bridgehead atoms. The van der Waals surface area contributed by atoms with Gasteiger partial charge in [0.05, 0.1) is 18.1 Å². The Labute approximate surface area is 162 Å². The van der Waals surface area contributed by atoms with Crippen molar-refractivity contribution in [2.45, 2.75) is 38.5 Å². The lowest BCUT2D eigenvalue weighted by atomic mass is 10.00. The molecule has 5 nitrogen and oxygen atoms in total. The molecular weight excluding hydrogens is 360 g/mol. The minimum Gasteiger partial charge on any atom is -0.478 e. The molecule has 1 aromatic heterocycles. The van der Waals surface area contributed by atoms with Crippen LogP contribution < -0.4 is 4.74 Å². The third-order valence-electron chi connectivity index (χ3n) is 4.92. The number of unbranched alkanes of at least 4 members (excludes halogenated alkanes) is 1. The molecule has 1 aromatic carbocycles. The smallest absolute Gasteiger partial charge is 0.213 e. The van der Waals surface area contributed by atoms with Crippen molar-refractivity contribution in [3.63, 3.8) is 0 Å². The molecule has 27 heavy (non-hydrogen) atoms. The molecular formula is C21H28N2O3S. The zero-order valence-corrected chi connectivity index (χ0v) is 16.7. The van der Waals surface area contributed by atoms with E-state index in [4.69, 9.17) is 4.74 Å². The number of benzene rings is 1. The molecule has 0 aliphatic carbocycles. The summed E-state index contributed by atoms with van der Waals surface area (Å²) in [4.78, 5) is 6.80. The molecule has 0 fully saturated rings. The molecule has 2 aromatic rings. The first-order chi connectivity index (χ1) is 13.1. The van der Waals surface area contributed by atoms with Crippen LogP contribution in [0.1, 0.15) is 36.6 Å². The Morgan fingerprint density at radius 3 is 2.70 bits per heavy atom. The quantitative estimate of drug-likeness (QED) is 0.617. The number of pyridine rings is 1. The van der Waals surface area contributed by atoms with Crippen molar-refractivity contribution in [1.82, 2.24) is 9.88 Å². The molecule has 2 heterocycles. The fourth-order valence-electron chi connectivity index (χ4n) is 3.30. The lowest BCUT2D eigenvalue weighted by Crippen LogP contribution is -2.31. The lowest BCUT2D eigenvalue weighted by Gasteiger charge is -2.28. The van der Waals surface area contributed by atoms with Gasteiger partial charge in [0.25, 0.3) is 0 Å². The maximum absolute atomic E-state index is 11.7. The summed E-state index contributed by atoms with van der Waals surface area (Å²) in [7, 11) is -3.08. The predicted octanol–water partition coefficient (Wildman–Crippen LogP) is 3.23. The van der Waals surface area contributed by atoms with Crippen molar-refractivity contribution < 1.29 is 13.2 Å². The molecule has 146 valence electrons. The summed E-state index contributed by atoms with van der Waals surface area (Å²) in [5.41, 5.74) is 3.47. The van der Waals surface area contributed by atoms with Crippen LogP contribution in [0.2, 0.25) is 0 Å². The number of hydrogen-bond acceptors (Lipinski definition) is 5. The number of rotatable bonds is 9. The zero-order chi connectivity index (χ0) is 19.1. The van der Waals surface area contributed by atoms with E-state index in [2.05, 4.69) is 34.1 Å². The van der Waals surface area contributed by atoms with Crippen molar-refractivity contribution in [3.8, 4) is 5.88 Å². The van der Waals surface area contributed by atoms with Gasteiger partial charge in [-0.15, -0.1) is 0 Å². The van der Waals surface area contributed by atoms with Crippen LogP contribution in [0.15, 0.2) is 42.5 Å². The minimum absolute atomic E-state index is 0.0306. The van der Waals surface area contributed by atoms with Gasteiger partial charge in [-0.25, -0.2) is 13.4 Å². The van der Waals surface area contributed by atoms with Crippen LogP contribution in [0.3, 0.4) is 0 Å². The van der Waals surface area contributed by atoms with Gasteiger partial charge < -0.3 is 4.74 Å². The molecule has 1 aliphatic heterocycles. The Kier molecular flexibility index (Phi) is 6.85. The van der Waals surface area contributed by atoms with E-state index in [1.54, 1.807) is 25.1 Å². The summed E-state index contributed by atoms with van der Waals surface area (Å²) in [5, 5.41) is 0. The second-order valence-corrected chi connectivity index (χ2v) is 9.35. The Morgan fingerprint density at radius 2 is 1.89 bits per heavy atom. The molecule has 6 heteroatoms. The first-order valence-corrected chi connectivity index (χ1v) is 11.5. The maximum atomic E-state index is 11.7. The summed E-state index contributed by atoms with van der Waals surface area (Å²) >= 11 is 0. The van der Waals surface area contributed by atoms with Crippen LogP contribution in [-0.2, 0) is 28.6 Å². The van der Waals surface area contributed by atoms with Gasteiger partial charge in [-0.05, 0) is 43.0 Å². The molecule has 0 saturated carbocycles. The zero-order valence-electron chi connectivity index (χ0n) is 15.9. The minimum atomic E-state index is -3.08. The average molecular weight is 389 g/mol. The van der Waals surface area contributed by atoms with E-state index in [9.17, 15) is 8.42 Å². The van der Waals surface area contributed by atoms with Gasteiger partial charge in [0, 0.05) is 24.9 Å². The van der Waals surface area contributed by atoms with Crippen molar-refractivity contribution in [1.29, 1.82) is 0 Å². The predicted molar refractivity (Wildman–Crippen MR) is 108 cm³/mol. The number of aromatic nitrogens is 1. The summed E-state index contributed by atoms with van der Waals surface area (Å²) in [6, 6.07) is 14.0. The van der Waals surface area contributed by atoms with E-state index >= 15 is 0 Å². The van der Waals surface area contributed by atoms with Crippen molar-refractivity contribution >= 4 is 9.84 Å². The third kappa shape index (κ3) is 6.04. The number of fused-ring (bicyclic) bond motifs is 1. The van der Waals surface area contributed by atoms with Crippen LogP contribution in [0.4, 0.5) is 0 Å². The Morgan fingerprint density at radius 1 is 1.07 bits per heavy atom. The second-order valence-electron chi connectivity index (χ2n) is 6.99. The van der Waals surface area contributed by atoms with Crippen molar-refractivity contribution in [2.75, 3.05) is 25.4 Å². The molecule has 0 unspecified atom stereocenters. The second kappa shape index (κ2) is 9.33. The highest BCUT2D eigenvalue weighted by molar-refractivity contribution is 7.90. The average Bonchev–Trinajstić information content (AvgIpc) is 2.67. The van der Waals surface area contributed by atoms with Crippen LogP contribution >= 0.6 is 0 Å². The molecule has 0 atom stereocenters. The fraction of sp³-hybridized carbons (Fsp3) is 0.476. The summed E-state index contributed by atoms with van der Waals surface area (Å²) in [6.45, 7) is 5.47. The highest BCUT2D eigenvalue weighted by atomic mass is 32.2. The summed E-state index contributed by atoms with van der Waals surface area (Å²) < 4.78 is 29.2. The van der Waals surface area contributed by atoms with E-state index in [1.807, 2.05) is 0 Å². The SMILES string of the molecule is CCS(=O)(=O)Cc1cccc(OCCCCN2CCc3ccccc3C2)n1. The Hall–Kier alpha value is -1.92. The largest absolute Gasteiger partial charge is 0.478 e. The standard InChI is InChI=1S/C21H28N2O3S/c1-2-27(24,25)17-20-10-7-11-21(22-20)26-15-6-5-13-23-14-12-18-8-3-4-9-19(18)16-23/h3-4,7-11H,2,5-6,12-17H2,1H3. The lowest BCUT2D eigenvalue weighted by molar-refractivity contribution is 0.233. The van der Waals surface area contributed by atoms with Crippen LogP contribution in [0.5, 0.6) is 5.88 Å². The van der Waals surface area contributed by atoms with Gasteiger partial charge in [0.1, 0.15) is 0 Å². The molecule has 1 aliphatic rings. The third-order valence-corrected chi connectivity index (χ3v) is 6.53. The van der Waals surface area contributed by atoms with Gasteiger partial charge in [0.2, 0.25) is 5.88 Å². The van der Waals surface area contributed by atoms with Crippen LogP contribution in [-0.4, -0.2) is 43.8 Å². The topological polar surface area (TPSA) is 59.5 Å². The first-order valence-electron chi connectivity index (χ1n) is 9.64. The number of nitrogens with zero attached hydrogens (tertiary/aromatic N) is 2. The fourth-order valence-corrected chi connectivity index (χ4v) is 4.12. The van der Waals surface area contributed by atoms with E-state index in [0.29, 0.717) is 18.2 Å². The Balaban J connectivity index is 1.38. The highest BCUT2D eigenvalue weighted by Crippen LogP contribution is 2.18. The van der Waals surface area contributed by atoms with Gasteiger partial charge in [0.15, 0.2) is 9.84 Å². The van der Waals surface area contributed by atoms with E-state index < -0.39 is 9.84 Å². The van der Waals surface area contributed by atoms with E-state index in [0.717, 1.165) is 38.9 Å². The number of sulfone groups is 1. The summed E-state index contributed by atoms with van der Waals surface area (Å²) in [6.07, 6.45) is 3.16. The highest BCUT2D eigenvalue weighted by Gasteiger charge is 2.15. The van der Waals surface area contributed by atoms with Crippen molar-refractivity contribution in [3.05, 3.63) is 59.3 Å². The molecule has 0 N–H and O–H groups in total. The number of ether oxygens (including phenoxy) is 1. The monoisotopic (exact) mass is 388 g/mol. The van der Waals surface area contributed by atoms with Gasteiger partial charge in [-0.1, -0.05) is 37.3 Å². The van der Waals surface area contributed by atoms with E-state index in [-0.39, 0.29) is 11.5 Å².